The van der Waals surface area contributed by atoms with Gasteiger partial charge in [0.25, 0.3) is 5.91 Å². The summed E-state index contributed by atoms with van der Waals surface area (Å²) in [7, 11) is 1.68. The quantitative estimate of drug-likeness (QED) is 0.527. The van der Waals surface area contributed by atoms with E-state index in [1.54, 1.807) is 25.2 Å². The van der Waals surface area contributed by atoms with Gasteiger partial charge in [-0.05, 0) is 42.7 Å². The lowest BCUT2D eigenvalue weighted by Crippen LogP contribution is -2.38. The zero-order valence-corrected chi connectivity index (χ0v) is 15.2. The maximum absolute atomic E-state index is 13.6. The van der Waals surface area contributed by atoms with Crippen LogP contribution in [0, 0.1) is 5.82 Å². The Labute approximate surface area is 153 Å². The van der Waals surface area contributed by atoms with Gasteiger partial charge < -0.3 is 16.0 Å². The summed E-state index contributed by atoms with van der Waals surface area (Å²) in [5.41, 5.74) is 2.28. The van der Waals surface area contributed by atoms with Crippen LogP contribution in [0.25, 0.3) is 0 Å². The monoisotopic (exact) mass is 356 g/mol. The van der Waals surface area contributed by atoms with Crippen LogP contribution >= 0.6 is 0 Å². The molecule has 138 valence electrons. The molecule has 6 heteroatoms. The number of rotatable bonds is 7. The Morgan fingerprint density at radius 1 is 1.08 bits per heavy atom. The smallest absolute Gasteiger partial charge is 0.251 e. The Bertz CT molecular complexity index is 761. The Balaban J connectivity index is 1.84. The van der Waals surface area contributed by atoms with E-state index in [0.717, 1.165) is 5.56 Å². The first-order chi connectivity index (χ1) is 12.6. The highest BCUT2D eigenvalue weighted by molar-refractivity contribution is 5.94. The maximum atomic E-state index is 13.6. The average molecular weight is 356 g/mol. The van der Waals surface area contributed by atoms with Gasteiger partial charge in [-0.15, -0.1) is 0 Å². The van der Waals surface area contributed by atoms with E-state index in [1.807, 2.05) is 31.2 Å². The summed E-state index contributed by atoms with van der Waals surface area (Å²) in [5, 5.41) is 9.15. The van der Waals surface area contributed by atoms with Gasteiger partial charge in [0.05, 0.1) is 0 Å². The van der Waals surface area contributed by atoms with Gasteiger partial charge in [0.1, 0.15) is 5.82 Å². The Morgan fingerprint density at radius 2 is 1.88 bits per heavy atom. The minimum absolute atomic E-state index is 0.0817. The van der Waals surface area contributed by atoms with Crippen molar-refractivity contribution in [2.45, 2.75) is 19.9 Å². The second-order valence-corrected chi connectivity index (χ2v) is 5.75. The van der Waals surface area contributed by atoms with E-state index in [1.165, 1.54) is 6.07 Å². The standard InChI is InChI=1S/C20H25FN4O/c1-3-23-19(26)17-9-6-7-15(13-17)14-25-20(22-2)24-12-11-16-8-4-5-10-18(16)21/h4-10,13H,3,11-12,14H2,1-2H3,(H,23,26)(H2,22,24,25). The molecular formula is C20H25FN4O. The number of amides is 1. The molecule has 1 amide bonds. The molecule has 0 saturated carbocycles. The van der Waals surface area contributed by atoms with Crippen LogP contribution in [0.1, 0.15) is 28.4 Å². The fourth-order valence-electron chi connectivity index (χ4n) is 2.51. The molecule has 0 fully saturated rings. The summed E-state index contributed by atoms with van der Waals surface area (Å²) in [6, 6.07) is 14.2. The molecule has 0 radical (unpaired) electrons. The zero-order valence-electron chi connectivity index (χ0n) is 15.2. The molecule has 2 rings (SSSR count). The minimum atomic E-state index is -0.195. The molecule has 0 spiro atoms. The third-order valence-corrected chi connectivity index (χ3v) is 3.85. The molecule has 3 N–H and O–H groups in total. The molecular weight excluding hydrogens is 331 g/mol. The number of hydrogen-bond donors (Lipinski definition) is 3. The predicted molar refractivity (Wildman–Crippen MR) is 103 cm³/mol. The van der Waals surface area contributed by atoms with E-state index < -0.39 is 0 Å². The van der Waals surface area contributed by atoms with Gasteiger partial charge in [0.2, 0.25) is 0 Å². The van der Waals surface area contributed by atoms with Gasteiger partial charge in [-0.2, -0.15) is 0 Å². The predicted octanol–water partition coefficient (Wildman–Crippen LogP) is 2.48. The number of benzene rings is 2. The molecule has 0 aliphatic carbocycles. The van der Waals surface area contributed by atoms with Crippen molar-refractivity contribution in [3.8, 4) is 0 Å². The highest BCUT2D eigenvalue weighted by atomic mass is 19.1. The summed E-state index contributed by atoms with van der Waals surface area (Å²) >= 11 is 0. The summed E-state index contributed by atoms with van der Waals surface area (Å²) in [6.45, 7) is 3.59. The minimum Gasteiger partial charge on any atom is -0.356 e. The topological polar surface area (TPSA) is 65.5 Å². The number of guanidine groups is 1. The van der Waals surface area contributed by atoms with E-state index in [4.69, 9.17) is 0 Å². The van der Waals surface area contributed by atoms with E-state index in [2.05, 4.69) is 20.9 Å². The summed E-state index contributed by atoms with van der Waals surface area (Å²) in [6.07, 6.45) is 0.569. The SMILES string of the molecule is CCNC(=O)c1cccc(CNC(=NC)NCCc2ccccc2F)c1. The van der Waals surface area contributed by atoms with Gasteiger partial charge >= 0.3 is 0 Å². The molecule has 0 bridgehead atoms. The number of halogens is 1. The van der Waals surface area contributed by atoms with Gasteiger partial charge in [-0.3, -0.25) is 9.79 Å². The lowest BCUT2D eigenvalue weighted by Gasteiger charge is -2.13. The van der Waals surface area contributed by atoms with Crippen LogP contribution in [0.15, 0.2) is 53.5 Å². The molecule has 2 aromatic rings. The lowest BCUT2D eigenvalue weighted by molar-refractivity contribution is 0.0955. The highest BCUT2D eigenvalue weighted by Crippen LogP contribution is 2.07. The van der Waals surface area contributed by atoms with E-state index >= 15 is 0 Å². The number of hydrogen-bond acceptors (Lipinski definition) is 2. The maximum Gasteiger partial charge on any atom is 0.251 e. The van der Waals surface area contributed by atoms with Crippen molar-refractivity contribution in [2.75, 3.05) is 20.1 Å². The number of nitrogens with zero attached hydrogens (tertiary/aromatic N) is 1. The highest BCUT2D eigenvalue weighted by Gasteiger charge is 2.06. The number of aliphatic imine (C=N–C) groups is 1. The Kier molecular flexibility index (Phi) is 7.61. The van der Waals surface area contributed by atoms with Crippen molar-refractivity contribution in [3.63, 3.8) is 0 Å². The molecule has 0 atom stereocenters. The molecule has 0 aliphatic rings. The first-order valence-electron chi connectivity index (χ1n) is 8.69. The molecule has 0 unspecified atom stereocenters. The van der Waals surface area contributed by atoms with Crippen molar-refractivity contribution in [2.24, 2.45) is 4.99 Å². The third-order valence-electron chi connectivity index (χ3n) is 3.85. The first-order valence-corrected chi connectivity index (χ1v) is 8.69. The molecule has 26 heavy (non-hydrogen) atoms. The van der Waals surface area contributed by atoms with E-state index in [-0.39, 0.29) is 11.7 Å². The van der Waals surface area contributed by atoms with Crippen LogP contribution < -0.4 is 16.0 Å². The van der Waals surface area contributed by atoms with Crippen LogP contribution in [-0.4, -0.2) is 32.0 Å². The van der Waals surface area contributed by atoms with Crippen molar-refractivity contribution >= 4 is 11.9 Å². The molecule has 0 aliphatic heterocycles. The Hall–Kier alpha value is -2.89. The average Bonchev–Trinajstić information content (AvgIpc) is 2.66. The second kappa shape index (κ2) is 10.2. The molecule has 0 aromatic heterocycles. The summed E-state index contributed by atoms with van der Waals surface area (Å²) in [5.74, 6) is 0.353. The van der Waals surface area contributed by atoms with E-state index in [0.29, 0.717) is 43.1 Å². The van der Waals surface area contributed by atoms with Crippen LogP contribution in [0.4, 0.5) is 4.39 Å². The molecule has 0 heterocycles. The first kappa shape index (κ1) is 19.4. The van der Waals surface area contributed by atoms with Crippen molar-refractivity contribution < 1.29 is 9.18 Å². The zero-order chi connectivity index (χ0) is 18.8. The van der Waals surface area contributed by atoms with Crippen molar-refractivity contribution in [1.82, 2.24) is 16.0 Å². The van der Waals surface area contributed by atoms with Gasteiger partial charge in [-0.1, -0.05) is 30.3 Å². The van der Waals surface area contributed by atoms with Crippen molar-refractivity contribution in [1.29, 1.82) is 0 Å². The van der Waals surface area contributed by atoms with Gasteiger partial charge in [0.15, 0.2) is 5.96 Å². The molecule has 2 aromatic carbocycles. The van der Waals surface area contributed by atoms with E-state index in [9.17, 15) is 9.18 Å². The summed E-state index contributed by atoms with van der Waals surface area (Å²) in [4.78, 5) is 16.1. The third kappa shape index (κ3) is 5.88. The van der Waals surface area contributed by atoms with Crippen LogP contribution in [0.5, 0.6) is 0 Å². The fraction of sp³-hybridized carbons (Fsp3) is 0.300. The molecule has 0 saturated heterocycles. The second-order valence-electron chi connectivity index (χ2n) is 5.75. The Morgan fingerprint density at radius 3 is 2.62 bits per heavy atom. The largest absolute Gasteiger partial charge is 0.356 e. The van der Waals surface area contributed by atoms with Crippen LogP contribution in [0.3, 0.4) is 0 Å². The fourth-order valence-corrected chi connectivity index (χ4v) is 2.51. The van der Waals surface area contributed by atoms with Crippen molar-refractivity contribution in [3.05, 3.63) is 71.0 Å². The lowest BCUT2D eigenvalue weighted by atomic mass is 10.1. The van der Waals surface area contributed by atoms with Gasteiger partial charge in [0, 0.05) is 32.2 Å². The van der Waals surface area contributed by atoms with Crippen LogP contribution in [-0.2, 0) is 13.0 Å². The normalized spacial score (nSPS) is 11.1. The number of nitrogens with one attached hydrogen (secondary N) is 3. The summed E-state index contributed by atoms with van der Waals surface area (Å²) < 4.78 is 13.6. The van der Waals surface area contributed by atoms with Gasteiger partial charge in [-0.25, -0.2) is 4.39 Å². The van der Waals surface area contributed by atoms with Crippen LogP contribution in [0.2, 0.25) is 0 Å². The number of carbonyl (C=O) groups is 1. The number of carbonyl (C=O) groups excluding carboxylic acids is 1. The molecule has 5 nitrogen and oxygen atoms in total.